The molecule has 1 fully saturated rings. The van der Waals surface area contributed by atoms with Crippen LogP contribution >= 0.6 is 11.6 Å². The third kappa shape index (κ3) is 4.98. The Morgan fingerprint density at radius 2 is 1.94 bits per heavy atom. The number of alkyl halides is 1. The minimum atomic E-state index is -2.26. The van der Waals surface area contributed by atoms with Gasteiger partial charge in [-0.2, -0.15) is 5.12 Å². The van der Waals surface area contributed by atoms with E-state index in [1.807, 2.05) is 0 Å². The van der Waals surface area contributed by atoms with E-state index < -0.39 is 55.7 Å². The molecular formula is C24H23ClF2N4O4. The molecule has 0 aliphatic carbocycles. The number of nitrogens with two attached hydrogens (primary N) is 1. The number of likely N-dealkylation sites (tertiary alicyclic amines) is 1. The second-order valence-electron chi connectivity index (χ2n) is 8.60. The molecule has 11 heteroatoms. The number of aliphatic hydroxyl groups excluding tert-OH is 1. The molecule has 0 bridgehead atoms. The molecule has 8 nitrogen and oxygen atoms in total. The van der Waals surface area contributed by atoms with Crippen molar-refractivity contribution in [3.63, 3.8) is 0 Å². The predicted molar refractivity (Wildman–Crippen MR) is 125 cm³/mol. The van der Waals surface area contributed by atoms with Crippen LogP contribution in [0.5, 0.6) is 0 Å². The molecule has 3 aromatic rings. The molecule has 1 aromatic heterocycles. The summed E-state index contributed by atoms with van der Waals surface area (Å²) in [7, 11) is 0. The van der Waals surface area contributed by atoms with E-state index in [9.17, 15) is 24.0 Å². The summed E-state index contributed by atoms with van der Waals surface area (Å²) in [6.07, 6.45) is 0.576. The van der Waals surface area contributed by atoms with E-state index in [-0.39, 0.29) is 11.5 Å². The van der Waals surface area contributed by atoms with Crippen LogP contribution in [0, 0.1) is 0 Å². The molecule has 2 atom stereocenters. The van der Waals surface area contributed by atoms with E-state index in [1.54, 1.807) is 42.5 Å². The van der Waals surface area contributed by atoms with E-state index in [2.05, 4.69) is 0 Å². The molecule has 3 N–H and O–H groups in total. The summed E-state index contributed by atoms with van der Waals surface area (Å²) in [6.45, 7) is -1.94. The van der Waals surface area contributed by atoms with Crippen LogP contribution in [0.15, 0.2) is 54.7 Å². The average molecular weight is 505 g/mol. The lowest BCUT2D eigenvalue weighted by Crippen LogP contribution is -2.46. The van der Waals surface area contributed by atoms with Gasteiger partial charge in [-0.1, -0.05) is 46.4 Å². The topological polar surface area (TPSA) is 109 Å². The van der Waals surface area contributed by atoms with Crippen LogP contribution in [-0.4, -0.2) is 62.4 Å². The molecular weight excluding hydrogens is 482 g/mol. The fourth-order valence-corrected chi connectivity index (χ4v) is 4.62. The monoisotopic (exact) mass is 504 g/mol. The van der Waals surface area contributed by atoms with E-state index in [4.69, 9.17) is 17.3 Å². The number of para-hydroxylation sites is 1. The number of benzene rings is 2. The van der Waals surface area contributed by atoms with Crippen molar-refractivity contribution in [2.75, 3.05) is 13.2 Å². The number of primary amides is 1. The Morgan fingerprint density at radius 1 is 1.20 bits per heavy atom. The van der Waals surface area contributed by atoms with Crippen LogP contribution < -0.4 is 5.73 Å². The Hall–Kier alpha value is -3.50. The van der Waals surface area contributed by atoms with Gasteiger partial charge in [0.15, 0.2) is 5.67 Å². The molecule has 35 heavy (non-hydrogen) atoms. The minimum absolute atomic E-state index is 0.0846. The first kappa shape index (κ1) is 24.6. The van der Waals surface area contributed by atoms with Crippen molar-refractivity contribution in [2.45, 2.75) is 31.1 Å². The van der Waals surface area contributed by atoms with Gasteiger partial charge in [0, 0.05) is 23.0 Å². The third-order valence-electron chi connectivity index (χ3n) is 6.10. The Bertz CT molecular complexity index is 1300. The summed E-state index contributed by atoms with van der Waals surface area (Å²) in [5, 5.41) is 10.4. The highest BCUT2D eigenvalue weighted by atomic mass is 35.5. The quantitative estimate of drug-likeness (QED) is 0.503. The number of hydrogen-bond acceptors (Lipinski definition) is 4. The van der Waals surface area contributed by atoms with Crippen molar-refractivity contribution < 1.29 is 28.4 Å². The summed E-state index contributed by atoms with van der Waals surface area (Å²) >= 11 is 5.91. The van der Waals surface area contributed by atoms with E-state index in [0.29, 0.717) is 27.1 Å². The normalized spacial score (nSPS) is 19.8. The Balaban J connectivity index is 1.58. The van der Waals surface area contributed by atoms with Gasteiger partial charge >= 0.3 is 6.03 Å². The maximum atomic E-state index is 15.1. The molecule has 1 aliphatic heterocycles. The van der Waals surface area contributed by atoms with Gasteiger partial charge in [0.05, 0.1) is 31.6 Å². The van der Waals surface area contributed by atoms with Crippen molar-refractivity contribution in [3.8, 4) is 0 Å². The Morgan fingerprint density at radius 3 is 2.63 bits per heavy atom. The van der Waals surface area contributed by atoms with Gasteiger partial charge in [-0.15, -0.1) is 0 Å². The number of aromatic nitrogens is 1. The molecule has 0 saturated carbocycles. The summed E-state index contributed by atoms with van der Waals surface area (Å²) in [4.78, 5) is 38.9. The standard InChI is InChI=1S/C24H23ClF2N4O4/c25-17-5-3-4-15(8-17)11-31(27)22(34)20-10-24(26,14-32)13-30(20)21(33)9-16-12-29(23(28)35)19-7-2-1-6-18(16)19/h1-8,12,20,32H,9-11,13-14H2,(H2,28,35)/t20-,24+/m0/s1. The maximum Gasteiger partial charge on any atom is 0.323 e. The van der Waals surface area contributed by atoms with E-state index >= 15 is 4.39 Å². The SMILES string of the molecule is NC(=O)n1cc(CC(=O)N2C[C@@](F)(CO)C[C@H]2C(=O)N(F)Cc2cccc(Cl)c2)c2ccccc21. The van der Waals surface area contributed by atoms with Crippen LogP contribution in [0.1, 0.15) is 17.5 Å². The second-order valence-corrected chi connectivity index (χ2v) is 9.03. The van der Waals surface area contributed by atoms with Gasteiger partial charge in [0.1, 0.15) is 6.04 Å². The summed E-state index contributed by atoms with van der Waals surface area (Å²) < 4.78 is 31.1. The fraction of sp³-hybridized carbons (Fsp3) is 0.292. The van der Waals surface area contributed by atoms with E-state index in [1.165, 1.54) is 16.8 Å². The summed E-state index contributed by atoms with van der Waals surface area (Å²) in [6, 6.07) is 10.8. The minimum Gasteiger partial charge on any atom is -0.393 e. The molecule has 2 aromatic carbocycles. The van der Waals surface area contributed by atoms with Crippen molar-refractivity contribution in [1.82, 2.24) is 14.6 Å². The van der Waals surface area contributed by atoms with Crippen molar-refractivity contribution in [2.24, 2.45) is 5.73 Å². The van der Waals surface area contributed by atoms with Crippen molar-refractivity contribution in [1.29, 1.82) is 0 Å². The molecule has 184 valence electrons. The summed E-state index contributed by atoms with van der Waals surface area (Å²) in [5.41, 5.74) is 4.50. The zero-order valence-corrected chi connectivity index (χ0v) is 19.3. The largest absolute Gasteiger partial charge is 0.393 e. The predicted octanol–water partition coefficient (Wildman–Crippen LogP) is 2.98. The highest BCUT2D eigenvalue weighted by Gasteiger charge is 2.50. The van der Waals surface area contributed by atoms with Crippen LogP contribution in [0.25, 0.3) is 10.9 Å². The highest BCUT2D eigenvalue weighted by molar-refractivity contribution is 6.30. The molecule has 0 spiro atoms. The Labute approximate surface area is 204 Å². The van der Waals surface area contributed by atoms with Gasteiger partial charge in [0.2, 0.25) is 5.91 Å². The number of rotatable bonds is 6. The first-order chi connectivity index (χ1) is 16.6. The zero-order chi connectivity index (χ0) is 25.3. The molecule has 0 unspecified atom stereocenters. The van der Waals surface area contributed by atoms with Crippen LogP contribution in [0.2, 0.25) is 5.02 Å². The van der Waals surface area contributed by atoms with Gasteiger partial charge in [0.25, 0.3) is 5.91 Å². The number of halogens is 3. The third-order valence-corrected chi connectivity index (χ3v) is 6.34. The van der Waals surface area contributed by atoms with Crippen molar-refractivity contribution >= 4 is 40.3 Å². The highest BCUT2D eigenvalue weighted by Crippen LogP contribution is 2.33. The van der Waals surface area contributed by atoms with Crippen LogP contribution in [-0.2, 0) is 22.6 Å². The molecule has 4 rings (SSSR count). The Kier molecular flexibility index (Phi) is 6.77. The van der Waals surface area contributed by atoms with Crippen molar-refractivity contribution in [3.05, 3.63) is 70.9 Å². The van der Waals surface area contributed by atoms with E-state index in [0.717, 1.165) is 4.90 Å². The van der Waals surface area contributed by atoms with Crippen LogP contribution in [0.3, 0.4) is 0 Å². The lowest BCUT2D eigenvalue weighted by atomic mass is 10.0. The number of aliphatic hydroxyl groups is 1. The molecule has 2 heterocycles. The number of amides is 3. The van der Waals surface area contributed by atoms with Crippen LogP contribution in [0.4, 0.5) is 13.7 Å². The summed E-state index contributed by atoms with van der Waals surface area (Å²) in [5.74, 6) is -1.76. The zero-order valence-electron chi connectivity index (χ0n) is 18.5. The number of carbonyl (C=O) groups is 3. The second kappa shape index (κ2) is 9.63. The lowest BCUT2D eigenvalue weighted by molar-refractivity contribution is -0.156. The van der Waals surface area contributed by atoms with Gasteiger partial charge in [-0.25, -0.2) is 9.18 Å². The number of hydrogen-bond donors (Lipinski definition) is 2. The lowest BCUT2D eigenvalue weighted by Gasteiger charge is -2.25. The molecule has 1 saturated heterocycles. The molecule has 1 aliphatic rings. The fourth-order valence-electron chi connectivity index (χ4n) is 4.41. The molecule has 3 amide bonds. The first-order valence-corrected chi connectivity index (χ1v) is 11.2. The average Bonchev–Trinajstić information content (AvgIpc) is 3.37. The maximum absolute atomic E-state index is 15.1. The number of nitrogens with zero attached hydrogens (tertiary/aromatic N) is 3. The molecule has 0 radical (unpaired) electrons. The number of carbonyl (C=O) groups excluding carboxylic acids is 3. The smallest absolute Gasteiger partial charge is 0.323 e. The number of fused-ring (bicyclic) bond motifs is 1. The van der Waals surface area contributed by atoms with Gasteiger partial charge in [-0.3, -0.25) is 14.2 Å². The van der Waals surface area contributed by atoms with Gasteiger partial charge < -0.3 is 15.7 Å². The first-order valence-electron chi connectivity index (χ1n) is 10.8. The van der Waals surface area contributed by atoms with Gasteiger partial charge in [-0.05, 0) is 29.3 Å².